The molecule has 0 bridgehead atoms. The fourth-order valence-electron chi connectivity index (χ4n) is 2.00. The van der Waals surface area contributed by atoms with E-state index in [9.17, 15) is 14.4 Å². The van der Waals surface area contributed by atoms with Gasteiger partial charge in [0.15, 0.2) is 0 Å². The van der Waals surface area contributed by atoms with Gasteiger partial charge in [-0.2, -0.15) is 0 Å². The Morgan fingerprint density at radius 1 is 1.12 bits per heavy atom. The topological polar surface area (TPSA) is 116 Å². The Hall–Kier alpha value is -2.31. The maximum Gasteiger partial charge on any atom is 0.407 e. The monoisotopic (exact) mass is 369 g/mol. The van der Waals surface area contributed by atoms with Crippen LogP contribution >= 0.6 is 0 Å². The Bertz CT molecular complexity index is 499. The van der Waals surface area contributed by atoms with E-state index in [1.165, 1.54) is 12.2 Å². The van der Waals surface area contributed by atoms with E-state index in [1.807, 2.05) is 6.92 Å². The number of nitrogens with zero attached hydrogens (tertiary/aromatic N) is 2. The van der Waals surface area contributed by atoms with Crippen LogP contribution in [0.25, 0.3) is 0 Å². The van der Waals surface area contributed by atoms with Gasteiger partial charge in [0, 0.05) is 6.54 Å². The molecule has 1 unspecified atom stereocenters. The molecule has 9 nitrogen and oxygen atoms in total. The molecule has 0 aliphatic heterocycles. The van der Waals surface area contributed by atoms with Crippen molar-refractivity contribution < 1.29 is 28.9 Å². The molecule has 0 rings (SSSR count). The summed E-state index contributed by atoms with van der Waals surface area (Å²) in [6, 6.07) is 0. The largest absolute Gasteiger partial charge is 0.447 e. The summed E-state index contributed by atoms with van der Waals surface area (Å²) in [5, 5.41) is 2.63. The molecule has 0 aromatic carbocycles. The van der Waals surface area contributed by atoms with Gasteiger partial charge in [-0.15, -0.1) is 0 Å². The van der Waals surface area contributed by atoms with Crippen molar-refractivity contribution in [3.63, 3.8) is 0 Å². The van der Waals surface area contributed by atoms with Gasteiger partial charge in [0.1, 0.15) is 19.8 Å². The number of alkyl carbamates (subject to hydrolysis) is 1. The molecule has 0 radical (unpaired) electrons. The van der Waals surface area contributed by atoms with Crippen LogP contribution < -0.4 is 5.32 Å². The number of amides is 1. The Morgan fingerprint density at radius 2 is 1.85 bits per heavy atom. The molecule has 0 aromatic heterocycles. The number of aliphatic imine (C=N–C) groups is 2. The summed E-state index contributed by atoms with van der Waals surface area (Å²) in [6.07, 6.45) is 5.47. The van der Waals surface area contributed by atoms with Gasteiger partial charge in [0.25, 0.3) is 0 Å². The minimum absolute atomic E-state index is 0.0793. The molecular formula is C17H27N3O6. The predicted molar refractivity (Wildman–Crippen MR) is 94.0 cm³/mol. The lowest BCUT2D eigenvalue weighted by Crippen LogP contribution is -2.27. The normalized spacial score (nSPS) is 11.0. The first-order valence-corrected chi connectivity index (χ1v) is 8.46. The summed E-state index contributed by atoms with van der Waals surface area (Å²) in [7, 11) is 0. The lowest BCUT2D eigenvalue weighted by molar-refractivity contribution is -0.290. The van der Waals surface area contributed by atoms with Crippen LogP contribution in [0.4, 0.5) is 4.79 Å². The first kappa shape index (κ1) is 23.7. The first-order chi connectivity index (χ1) is 12.6. The third-order valence-corrected chi connectivity index (χ3v) is 3.21. The molecule has 0 heterocycles. The zero-order valence-electron chi connectivity index (χ0n) is 15.2. The molecule has 0 aromatic rings. The highest BCUT2D eigenvalue weighted by Gasteiger charge is 2.09. The maximum atomic E-state index is 11.5. The average molecular weight is 369 g/mol. The van der Waals surface area contributed by atoms with E-state index in [1.54, 1.807) is 0 Å². The van der Waals surface area contributed by atoms with Gasteiger partial charge in [-0.1, -0.05) is 12.2 Å². The molecule has 0 fully saturated rings. The second-order valence-electron chi connectivity index (χ2n) is 5.66. The fraction of sp³-hybridized carbons (Fsp3) is 0.706. The van der Waals surface area contributed by atoms with Gasteiger partial charge >= 0.3 is 6.09 Å². The van der Waals surface area contributed by atoms with Gasteiger partial charge < -0.3 is 10.1 Å². The quantitative estimate of drug-likeness (QED) is 0.111. The van der Waals surface area contributed by atoms with E-state index in [0.717, 1.165) is 24.8 Å². The SMILES string of the molecule is C=C(C)COOCCOC(=O)NCCCC(CCCN=C=O)CN=C=O. The highest BCUT2D eigenvalue weighted by atomic mass is 17.2. The van der Waals surface area contributed by atoms with Crippen LogP contribution in [0.15, 0.2) is 22.1 Å². The van der Waals surface area contributed by atoms with Crippen molar-refractivity contribution in [3.8, 4) is 0 Å². The number of isocyanates is 2. The Labute approximate surface area is 153 Å². The summed E-state index contributed by atoms with van der Waals surface area (Å²) in [5.41, 5.74) is 0.831. The summed E-state index contributed by atoms with van der Waals surface area (Å²) in [4.78, 5) is 48.4. The highest BCUT2D eigenvalue weighted by molar-refractivity contribution is 5.66. The van der Waals surface area contributed by atoms with E-state index < -0.39 is 6.09 Å². The van der Waals surface area contributed by atoms with Crippen molar-refractivity contribution in [2.45, 2.75) is 32.6 Å². The molecule has 26 heavy (non-hydrogen) atoms. The van der Waals surface area contributed by atoms with E-state index in [-0.39, 0.29) is 19.1 Å². The zero-order valence-corrected chi connectivity index (χ0v) is 15.2. The Balaban J connectivity index is 3.75. The van der Waals surface area contributed by atoms with E-state index in [0.29, 0.717) is 32.7 Å². The molecule has 0 saturated heterocycles. The fourth-order valence-corrected chi connectivity index (χ4v) is 2.00. The highest BCUT2D eigenvalue weighted by Crippen LogP contribution is 2.14. The van der Waals surface area contributed by atoms with Crippen molar-refractivity contribution in [1.82, 2.24) is 5.32 Å². The van der Waals surface area contributed by atoms with Gasteiger partial charge in [-0.3, -0.25) is 0 Å². The van der Waals surface area contributed by atoms with Crippen LogP contribution in [-0.2, 0) is 24.1 Å². The Kier molecular flexibility index (Phi) is 16.0. The van der Waals surface area contributed by atoms with E-state index >= 15 is 0 Å². The van der Waals surface area contributed by atoms with E-state index in [4.69, 9.17) is 14.5 Å². The second kappa shape index (κ2) is 17.5. The molecule has 1 atom stereocenters. The summed E-state index contributed by atoms with van der Waals surface area (Å²) < 4.78 is 4.92. The zero-order chi connectivity index (χ0) is 19.5. The van der Waals surface area contributed by atoms with Crippen LogP contribution in [0.1, 0.15) is 32.6 Å². The van der Waals surface area contributed by atoms with Gasteiger partial charge in [0.05, 0.1) is 13.1 Å². The summed E-state index contributed by atoms with van der Waals surface area (Å²) >= 11 is 0. The molecule has 1 N–H and O–H groups in total. The lowest BCUT2D eigenvalue weighted by atomic mass is 9.97. The minimum atomic E-state index is -0.531. The molecule has 9 heteroatoms. The number of nitrogens with one attached hydrogen (secondary N) is 1. The van der Waals surface area contributed by atoms with Crippen molar-refractivity contribution in [2.24, 2.45) is 15.9 Å². The van der Waals surface area contributed by atoms with Crippen LogP contribution in [0.2, 0.25) is 0 Å². The molecule has 0 aliphatic rings. The number of hydrogen-bond donors (Lipinski definition) is 1. The van der Waals surface area contributed by atoms with Crippen LogP contribution in [0.3, 0.4) is 0 Å². The minimum Gasteiger partial charge on any atom is -0.447 e. The second-order valence-corrected chi connectivity index (χ2v) is 5.66. The van der Waals surface area contributed by atoms with E-state index in [2.05, 4.69) is 21.9 Å². The first-order valence-electron chi connectivity index (χ1n) is 8.46. The number of carbonyl (C=O) groups excluding carboxylic acids is 3. The van der Waals surface area contributed by atoms with Crippen LogP contribution in [0.5, 0.6) is 0 Å². The molecule has 146 valence electrons. The molecular weight excluding hydrogens is 342 g/mol. The average Bonchev–Trinajstić information content (AvgIpc) is 2.62. The molecule has 0 spiro atoms. The van der Waals surface area contributed by atoms with Gasteiger partial charge in [-0.25, -0.2) is 34.1 Å². The predicted octanol–water partition coefficient (Wildman–Crippen LogP) is 2.09. The molecule has 1 amide bonds. The number of hydrogen-bond acceptors (Lipinski definition) is 8. The standard InChI is InChI=1S/C17H27N3O6/c1-15(2)12-26-25-10-9-24-17(23)20-8-4-6-16(11-19-14-22)5-3-7-18-13-21/h16H,1,3-12H2,2H3,(H,20,23). The molecule has 0 aliphatic carbocycles. The number of rotatable bonds is 16. The van der Waals surface area contributed by atoms with Crippen molar-refractivity contribution in [1.29, 1.82) is 0 Å². The Morgan fingerprint density at radius 3 is 2.54 bits per heavy atom. The van der Waals surface area contributed by atoms with Crippen LogP contribution in [0, 0.1) is 5.92 Å². The number of ether oxygens (including phenoxy) is 1. The van der Waals surface area contributed by atoms with Crippen molar-refractivity contribution in [3.05, 3.63) is 12.2 Å². The van der Waals surface area contributed by atoms with Crippen molar-refractivity contribution in [2.75, 3.05) is 39.5 Å². The molecule has 0 saturated carbocycles. The van der Waals surface area contributed by atoms with Gasteiger partial charge in [-0.05, 0) is 38.5 Å². The maximum absolute atomic E-state index is 11.5. The summed E-state index contributed by atoms with van der Waals surface area (Å²) in [5.74, 6) is 0.176. The lowest BCUT2D eigenvalue weighted by Gasteiger charge is -2.13. The third-order valence-electron chi connectivity index (χ3n) is 3.21. The van der Waals surface area contributed by atoms with Crippen molar-refractivity contribution >= 4 is 18.3 Å². The summed E-state index contributed by atoms with van der Waals surface area (Å²) in [6.45, 7) is 7.20. The van der Waals surface area contributed by atoms with Gasteiger partial charge in [0.2, 0.25) is 12.2 Å². The number of carbonyl (C=O) groups is 1. The van der Waals surface area contributed by atoms with Crippen LogP contribution in [-0.4, -0.2) is 57.7 Å². The smallest absolute Gasteiger partial charge is 0.407 e. The third kappa shape index (κ3) is 16.5.